The minimum atomic E-state index is -4.37. The first-order valence-corrected chi connectivity index (χ1v) is 4.35. The molecule has 0 radical (unpaired) electrons. The molecule has 1 heterocycles. The third-order valence-electron chi connectivity index (χ3n) is 0.812. The molecule has 0 atom stereocenters. The number of anilines is 1. The van der Waals surface area contributed by atoms with Gasteiger partial charge in [0.1, 0.15) is 0 Å². The highest BCUT2D eigenvalue weighted by atomic mass is 32.1. The number of halogens is 3. The van der Waals surface area contributed by atoms with Crippen LogP contribution in [0, 0.1) is 0 Å². The van der Waals surface area contributed by atoms with E-state index in [1.807, 2.05) is 0 Å². The van der Waals surface area contributed by atoms with Gasteiger partial charge in [0.25, 0.3) is 0 Å². The van der Waals surface area contributed by atoms with Crippen molar-refractivity contribution in [2.75, 3.05) is 5.73 Å². The summed E-state index contributed by atoms with van der Waals surface area (Å²) >= 11 is 4.87. The van der Waals surface area contributed by atoms with Gasteiger partial charge in [0.05, 0.1) is 0 Å². The Morgan fingerprint density at radius 3 is 2.00 bits per heavy atom. The van der Waals surface area contributed by atoms with Crippen molar-refractivity contribution >= 4 is 33.8 Å². The Hall–Kier alpha value is -1.09. The second kappa shape index (κ2) is 4.96. The number of alkyl halides is 3. The van der Waals surface area contributed by atoms with Crippen LogP contribution in [-0.4, -0.2) is 10.1 Å². The number of nitrogens with two attached hydrogens (primary N) is 3. The van der Waals surface area contributed by atoms with Gasteiger partial charge in [0.15, 0.2) is 15.9 Å². The van der Waals surface area contributed by atoms with E-state index in [9.17, 15) is 13.2 Å². The minimum Gasteiger partial charge on any atom is -0.377 e. The molecular formula is C5H7F3N4S2. The van der Waals surface area contributed by atoms with Gasteiger partial charge in [-0.2, -0.15) is 13.2 Å². The van der Waals surface area contributed by atoms with Gasteiger partial charge in [-0.15, -0.1) is 11.3 Å². The fourth-order valence-electron chi connectivity index (χ4n) is 0.418. The summed E-state index contributed by atoms with van der Waals surface area (Å²) in [5.41, 5.74) is 13.3. The summed E-state index contributed by atoms with van der Waals surface area (Å²) in [5, 5.41) is 0.822. The first kappa shape index (κ1) is 12.9. The molecule has 0 amide bonds. The molecule has 1 rings (SSSR count). The van der Waals surface area contributed by atoms with Crippen molar-refractivity contribution in [2.45, 2.75) is 6.18 Å². The summed E-state index contributed by atoms with van der Waals surface area (Å²) in [6.07, 6.45) is -4.37. The molecule has 0 unspecified atom stereocenters. The highest BCUT2D eigenvalue weighted by molar-refractivity contribution is 7.80. The second-order valence-corrected chi connectivity index (χ2v) is 3.33. The van der Waals surface area contributed by atoms with Crippen molar-refractivity contribution in [3.63, 3.8) is 0 Å². The van der Waals surface area contributed by atoms with Gasteiger partial charge in [0, 0.05) is 5.38 Å². The number of thiocarbonyl (C=S) groups is 1. The quantitative estimate of drug-likeness (QED) is 0.591. The fourth-order valence-corrected chi connectivity index (χ4v) is 0.988. The van der Waals surface area contributed by atoms with Gasteiger partial charge in [-0.25, -0.2) is 4.98 Å². The molecule has 0 fully saturated rings. The monoisotopic (exact) mass is 244 g/mol. The summed E-state index contributed by atoms with van der Waals surface area (Å²) in [7, 11) is 0. The summed E-state index contributed by atoms with van der Waals surface area (Å²) in [4.78, 5) is 3.05. The largest absolute Gasteiger partial charge is 0.434 e. The number of aromatic nitrogens is 1. The Morgan fingerprint density at radius 1 is 1.43 bits per heavy atom. The number of hydrogen-bond donors (Lipinski definition) is 3. The molecule has 0 saturated carbocycles. The van der Waals surface area contributed by atoms with Crippen LogP contribution < -0.4 is 17.2 Å². The Balaban J connectivity index is 0.000000364. The van der Waals surface area contributed by atoms with E-state index in [4.69, 9.17) is 5.73 Å². The SMILES string of the molecule is NC(N)=S.Nc1nc(C(F)(F)F)cs1. The topological polar surface area (TPSA) is 91.0 Å². The van der Waals surface area contributed by atoms with E-state index in [1.54, 1.807) is 0 Å². The molecule has 1 aromatic heterocycles. The summed E-state index contributed by atoms with van der Waals surface area (Å²) in [6, 6.07) is 0. The highest BCUT2D eigenvalue weighted by Crippen LogP contribution is 2.30. The standard InChI is InChI=1S/C4H3F3N2S.CH4N2S/c5-4(6,7)2-1-10-3(8)9-2;2-1(3)4/h1H,(H2,8,9);(H4,2,3,4). The minimum absolute atomic E-state index is 0.000000000000000222. The number of hydrogen-bond acceptors (Lipinski definition) is 4. The summed E-state index contributed by atoms with van der Waals surface area (Å²) in [5.74, 6) is 0. The van der Waals surface area contributed by atoms with Crippen molar-refractivity contribution in [3.05, 3.63) is 11.1 Å². The lowest BCUT2D eigenvalue weighted by Gasteiger charge is -1.98. The summed E-state index contributed by atoms with van der Waals surface area (Å²) in [6.45, 7) is 0. The molecule has 0 saturated heterocycles. The predicted octanol–water partition coefficient (Wildman–Crippen LogP) is 0.933. The molecule has 1 aromatic rings. The fraction of sp³-hybridized carbons (Fsp3) is 0.200. The summed E-state index contributed by atoms with van der Waals surface area (Å²) < 4.78 is 35.1. The van der Waals surface area contributed by atoms with Crippen LogP contribution in [0.4, 0.5) is 18.3 Å². The normalized spacial score (nSPS) is 10.2. The van der Waals surface area contributed by atoms with Crippen LogP contribution in [0.25, 0.3) is 0 Å². The van der Waals surface area contributed by atoms with E-state index in [-0.39, 0.29) is 10.2 Å². The van der Waals surface area contributed by atoms with Crippen molar-refractivity contribution in [2.24, 2.45) is 11.5 Å². The molecule has 0 spiro atoms. The van der Waals surface area contributed by atoms with E-state index in [2.05, 4.69) is 28.7 Å². The molecule has 0 aromatic carbocycles. The first-order chi connectivity index (χ1) is 6.23. The van der Waals surface area contributed by atoms with Gasteiger partial charge in [-0.1, -0.05) is 0 Å². The van der Waals surface area contributed by atoms with Crippen molar-refractivity contribution in [1.82, 2.24) is 4.98 Å². The number of rotatable bonds is 0. The molecular weight excluding hydrogens is 237 g/mol. The van der Waals surface area contributed by atoms with Crippen LogP contribution in [0.3, 0.4) is 0 Å². The van der Waals surface area contributed by atoms with Gasteiger partial charge in [-0.3, -0.25) is 0 Å². The van der Waals surface area contributed by atoms with Gasteiger partial charge < -0.3 is 17.2 Å². The van der Waals surface area contributed by atoms with Crippen LogP contribution in [0.15, 0.2) is 5.38 Å². The van der Waals surface area contributed by atoms with Crippen LogP contribution in [0.2, 0.25) is 0 Å². The van der Waals surface area contributed by atoms with E-state index in [0.29, 0.717) is 0 Å². The lowest BCUT2D eigenvalue weighted by Crippen LogP contribution is -2.18. The van der Waals surface area contributed by atoms with Crippen LogP contribution in [-0.2, 0) is 6.18 Å². The average molecular weight is 244 g/mol. The molecule has 0 aliphatic rings. The molecule has 9 heteroatoms. The van der Waals surface area contributed by atoms with Gasteiger partial charge in [-0.05, 0) is 12.2 Å². The van der Waals surface area contributed by atoms with E-state index in [0.717, 1.165) is 16.7 Å². The van der Waals surface area contributed by atoms with E-state index < -0.39 is 11.9 Å². The van der Waals surface area contributed by atoms with E-state index >= 15 is 0 Å². The molecule has 0 aliphatic carbocycles. The lowest BCUT2D eigenvalue weighted by atomic mass is 10.5. The highest BCUT2D eigenvalue weighted by Gasteiger charge is 2.33. The number of nitrogen functional groups attached to an aromatic ring is 1. The number of thiazole rings is 1. The third-order valence-corrected chi connectivity index (χ3v) is 1.49. The Kier molecular flexibility index (Phi) is 4.57. The molecule has 0 bridgehead atoms. The van der Waals surface area contributed by atoms with Crippen LogP contribution in [0.5, 0.6) is 0 Å². The number of nitrogens with zero attached hydrogens (tertiary/aromatic N) is 1. The maximum absolute atomic E-state index is 11.7. The van der Waals surface area contributed by atoms with Crippen molar-refractivity contribution < 1.29 is 13.2 Å². The zero-order valence-electron chi connectivity index (χ0n) is 6.71. The van der Waals surface area contributed by atoms with Crippen LogP contribution in [0.1, 0.15) is 5.69 Å². The third kappa shape index (κ3) is 5.54. The van der Waals surface area contributed by atoms with E-state index in [1.165, 1.54) is 0 Å². The maximum atomic E-state index is 11.7. The Labute approximate surface area is 86.9 Å². The van der Waals surface area contributed by atoms with Crippen molar-refractivity contribution in [1.29, 1.82) is 0 Å². The maximum Gasteiger partial charge on any atom is 0.434 e. The lowest BCUT2D eigenvalue weighted by molar-refractivity contribution is -0.140. The van der Waals surface area contributed by atoms with Gasteiger partial charge in [0.2, 0.25) is 0 Å². The van der Waals surface area contributed by atoms with Crippen LogP contribution >= 0.6 is 23.6 Å². The molecule has 0 aliphatic heterocycles. The molecule has 4 nitrogen and oxygen atoms in total. The average Bonchev–Trinajstić information content (AvgIpc) is 2.32. The first-order valence-electron chi connectivity index (χ1n) is 3.06. The Morgan fingerprint density at radius 2 is 1.86 bits per heavy atom. The zero-order chi connectivity index (χ0) is 11.4. The smallest absolute Gasteiger partial charge is 0.377 e. The predicted molar refractivity (Wildman–Crippen MR) is 52.5 cm³/mol. The molecule has 6 N–H and O–H groups in total. The van der Waals surface area contributed by atoms with Crippen molar-refractivity contribution in [3.8, 4) is 0 Å². The molecule has 80 valence electrons. The second-order valence-electron chi connectivity index (χ2n) is 1.97. The zero-order valence-corrected chi connectivity index (χ0v) is 8.34. The Bertz CT molecular complexity index is 304. The van der Waals surface area contributed by atoms with Gasteiger partial charge >= 0.3 is 6.18 Å². The molecule has 14 heavy (non-hydrogen) atoms.